The number of ether oxygens (including phenoxy) is 1. The lowest BCUT2D eigenvalue weighted by Crippen LogP contribution is -2.56. The van der Waals surface area contributed by atoms with Crippen LogP contribution in [-0.4, -0.2) is 63.5 Å². The van der Waals surface area contributed by atoms with Crippen LogP contribution in [0.15, 0.2) is 0 Å². The monoisotopic (exact) mass is 499 g/mol. The van der Waals surface area contributed by atoms with Crippen LogP contribution in [0.2, 0.25) is 36.3 Å². The minimum absolute atomic E-state index is 0.104. The Morgan fingerprint density at radius 3 is 1.84 bits per heavy atom. The van der Waals surface area contributed by atoms with Crippen molar-refractivity contribution in [2.45, 2.75) is 109 Å². The summed E-state index contributed by atoms with van der Waals surface area (Å²) in [5.41, 5.74) is 0. The van der Waals surface area contributed by atoms with E-state index in [4.69, 9.17) is 18.1 Å². The fourth-order valence-electron chi connectivity index (χ4n) is 2.64. The predicted molar refractivity (Wildman–Crippen MR) is 125 cm³/mol. The molecular formula is C19H42NO8PSi2. The predicted octanol–water partition coefficient (Wildman–Crippen LogP) is 3.74. The minimum Gasteiger partial charge on any atom is -0.409 e. The number of hydrogen-bond acceptors (Lipinski definition) is 6. The zero-order valence-electron chi connectivity index (χ0n) is 20.8. The normalized spacial score (nSPS) is 26.2. The van der Waals surface area contributed by atoms with Gasteiger partial charge in [0.25, 0.3) is 0 Å². The summed E-state index contributed by atoms with van der Waals surface area (Å²) in [5.74, 6) is -0.266. The summed E-state index contributed by atoms with van der Waals surface area (Å²) in [6.07, 6.45) is -2.30. The summed E-state index contributed by atoms with van der Waals surface area (Å²) in [6.45, 7) is 21.9. The Kier molecular flexibility index (Phi) is 8.99. The highest BCUT2D eigenvalue weighted by Gasteiger charge is 2.53. The Labute approximate surface area is 189 Å². The van der Waals surface area contributed by atoms with E-state index in [-0.39, 0.29) is 22.6 Å². The molecule has 1 rings (SSSR count). The molecule has 9 nitrogen and oxygen atoms in total. The molecule has 3 N–H and O–H groups in total. The second-order valence-corrected chi connectivity index (χ2v) is 22.0. The van der Waals surface area contributed by atoms with Crippen LogP contribution in [0.25, 0.3) is 0 Å². The molecule has 31 heavy (non-hydrogen) atoms. The maximum absolute atomic E-state index is 12.0. The first kappa shape index (κ1) is 28.9. The van der Waals surface area contributed by atoms with Crippen molar-refractivity contribution in [3.8, 4) is 0 Å². The van der Waals surface area contributed by atoms with Crippen LogP contribution in [0.4, 0.5) is 0 Å². The average Bonchev–Trinajstić information content (AvgIpc) is 2.78. The Morgan fingerprint density at radius 2 is 1.45 bits per heavy atom. The van der Waals surface area contributed by atoms with E-state index in [0.29, 0.717) is 0 Å². The molecule has 1 fully saturated rings. The Bertz CT molecular complexity index is 683. The molecule has 1 amide bonds. The van der Waals surface area contributed by atoms with Gasteiger partial charge in [0.15, 0.2) is 22.9 Å². The lowest BCUT2D eigenvalue weighted by atomic mass is 10.1. The number of hydrogen-bond donors (Lipinski definition) is 3. The van der Waals surface area contributed by atoms with Crippen molar-refractivity contribution < 1.29 is 37.3 Å². The molecule has 0 aliphatic carbocycles. The molecule has 1 heterocycles. The Balaban J connectivity index is 3.33. The number of phosphoric acid groups is 1. The van der Waals surface area contributed by atoms with Crippen LogP contribution in [0.1, 0.15) is 48.5 Å². The zero-order chi connectivity index (χ0) is 24.6. The molecular weight excluding hydrogens is 457 g/mol. The highest BCUT2D eigenvalue weighted by molar-refractivity contribution is 7.46. The zero-order valence-corrected chi connectivity index (χ0v) is 23.7. The summed E-state index contributed by atoms with van der Waals surface area (Å²) < 4.78 is 35.2. The Hall–Kier alpha value is -0.106. The first-order valence-corrected chi connectivity index (χ1v) is 17.9. The third-order valence-corrected chi connectivity index (χ3v) is 15.9. The Morgan fingerprint density at radius 1 is 1.00 bits per heavy atom. The van der Waals surface area contributed by atoms with Crippen molar-refractivity contribution in [3.05, 3.63) is 0 Å². The van der Waals surface area contributed by atoms with Gasteiger partial charge in [-0.25, -0.2) is 4.57 Å². The number of nitrogens with one attached hydrogen (secondary N) is 1. The van der Waals surface area contributed by atoms with E-state index < -0.39 is 49.0 Å². The van der Waals surface area contributed by atoms with Crippen molar-refractivity contribution in [1.29, 1.82) is 0 Å². The van der Waals surface area contributed by atoms with Crippen LogP contribution in [-0.2, 0) is 27.5 Å². The fraction of sp³-hybridized carbons (Fsp3) is 0.947. The van der Waals surface area contributed by atoms with Gasteiger partial charge in [-0.15, -0.1) is 0 Å². The van der Waals surface area contributed by atoms with Gasteiger partial charge in [0, 0.05) is 6.92 Å². The summed E-state index contributed by atoms with van der Waals surface area (Å²) in [4.78, 5) is 30.4. The maximum atomic E-state index is 12.0. The van der Waals surface area contributed by atoms with E-state index in [1.807, 2.05) is 0 Å². The average molecular weight is 500 g/mol. The van der Waals surface area contributed by atoms with Gasteiger partial charge in [-0.2, -0.15) is 0 Å². The van der Waals surface area contributed by atoms with Gasteiger partial charge in [-0.3, -0.25) is 9.32 Å². The van der Waals surface area contributed by atoms with E-state index >= 15 is 0 Å². The van der Waals surface area contributed by atoms with Gasteiger partial charge in [0.05, 0.1) is 12.7 Å². The quantitative estimate of drug-likeness (QED) is 0.341. The number of amides is 1. The molecule has 4 atom stereocenters. The molecule has 0 bridgehead atoms. The third kappa shape index (κ3) is 8.01. The molecule has 184 valence electrons. The molecule has 1 aliphatic rings. The second kappa shape index (κ2) is 9.64. The molecule has 0 saturated carbocycles. The van der Waals surface area contributed by atoms with E-state index in [1.54, 1.807) is 0 Å². The number of rotatable bonds is 8. The molecule has 0 radical (unpaired) electrons. The lowest BCUT2D eigenvalue weighted by Gasteiger charge is -2.41. The molecule has 0 aromatic heterocycles. The molecule has 0 spiro atoms. The minimum atomic E-state index is -4.71. The number of carbonyl (C=O) groups excluding carboxylic acids is 1. The molecule has 1 aliphatic heterocycles. The largest absolute Gasteiger partial charge is 0.469 e. The van der Waals surface area contributed by atoms with Crippen LogP contribution >= 0.6 is 7.82 Å². The van der Waals surface area contributed by atoms with Gasteiger partial charge in [0.1, 0.15) is 12.1 Å². The number of carbonyl (C=O) groups is 1. The SMILES string of the molecule is CC(=O)NC1[C@@H](O[Si](C)(C)C(C)(C)C)O[C@H](COP(=O)(O)O)[C@@H]1O[Si](C)(C)C(C)(C)C. The first-order chi connectivity index (χ1) is 13.6. The smallest absolute Gasteiger partial charge is 0.409 e. The molecule has 0 aromatic carbocycles. The van der Waals surface area contributed by atoms with Crippen LogP contribution in [0.5, 0.6) is 0 Å². The van der Waals surface area contributed by atoms with Crippen molar-refractivity contribution in [2.75, 3.05) is 6.61 Å². The van der Waals surface area contributed by atoms with Crippen LogP contribution in [0, 0.1) is 0 Å². The summed E-state index contributed by atoms with van der Waals surface area (Å²) in [6, 6.07) is -0.633. The van der Waals surface area contributed by atoms with Gasteiger partial charge in [0.2, 0.25) is 5.91 Å². The molecule has 12 heteroatoms. The van der Waals surface area contributed by atoms with Gasteiger partial charge >= 0.3 is 7.82 Å². The van der Waals surface area contributed by atoms with E-state index in [1.165, 1.54) is 6.92 Å². The maximum Gasteiger partial charge on any atom is 0.469 e. The van der Waals surface area contributed by atoms with Gasteiger partial charge in [-0.1, -0.05) is 41.5 Å². The van der Waals surface area contributed by atoms with Crippen molar-refractivity contribution in [3.63, 3.8) is 0 Å². The third-order valence-electron chi connectivity index (χ3n) is 6.55. The summed E-state index contributed by atoms with van der Waals surface area (Å²) in [5, 5.41) is 2.67. The van der Waals surface area contributed by atoms with Crippen LogP contribution in [0.3, 0.4) is 0 Å². The van der Waals surface area contributed by atoms with Gasteiger partial charge in [-0.05, 0) is 36.3 Å². The summed E-state index contributed by atoms with van der Waals surface area (Å²) in [7, 11) is -9.33. The standard InChI is InChI=1S/C19H42NO8PSi2/c1-13(21)20-15-16(27-30(8,9)18(2,3)4)14(12-25-29(22,23)24)26-17(15)28-31(10,11)19(5,6)7/h14-17H,12H2,1-11H3,(H,20,21)(H2,22,23,24)/t14-,15?,16+,17-/m1/s1. The van der Waals surface area contributed by atoms with E-state index in [0.717, 1.165) is 0 Å². The van der Waals surface area contributed by atoms with Crippen molar-refractivity contribution in [2.24, 2.45) is 0 Å². The second-order valence-electron chi connectivity index (χ2n) is 11.3. The topological polar surface area (TPSA) is 124 Å². The van der Waals surface area contributed by atoms with Crippen molar-refractivity contribution in [1.82, 2.24) is 5.32 Å². The van der Waals surface area contributed by atoms with Crippen molar-refractivity contribution >= 4 is 30.4 Å². The van der Waals surface area contributed by atoms with E-state index in [2.05, 4.69) is 73.0 Å². The molecule has 0 aromatic rings. The highest BCUT2D eigenvalue weighted by Crippen LogP contribution is 2.44. The van der Waals surface area contributed by atoms with Gasteiger partial charge < -0.3 is 28.7 Å². The first-order valence-electron chi connectivity index (χ1n) is 10.6. The summed E-state index contributed by atoms with van der Waals surface area (Å²) >= 11 is 0. The molecule has 1 saturated heterocycles. The van der Waals surface area contributed by atoms with E-state index in [9.17, 15) is 19.1 Å². The highest BCUT2D eigenvalue weighted by atomic mass is 31.2. The number of phosphoric ester groups is 1. The van der Waals surface area contributed by atoms with Crippen LogP contribution < -0.4 is 5.32 Å². The molecule has 1 unspecified atom stereocenters. The lowest BCUT2D eigenvalue weighted by molar-refractivity contribution is -0.124. The fourth-order valence-corrected chi connectivity index (χ4v) is 5.45.